The molecule has 0 spiro atoms. The van der Waals surface area contributed by atoms with E-state index in [-0.39, 0.29) is 11.3 Å². The standard InChI is InChI=1S/C21H24N2O6S2/c1-6-21(30-13(4)31-21)29-20(25)17-12(3)22-11(2)16(19(24)28-5)18(17)14-8-7-9-15(10-14)23(26)27/h7-10,13,16,18H,6H2,1-5H3. The van der Waals surface area contributed by atoms with Crippen molar-refractivity contribution in [1.82, 2.24) is 0 Å². The number of ether oxygens (including phenoxy) is 2. The average Bonchev–Trinajstić information content (AvgIpc) is 2.71. The maximum absolute atomic E-state index is 13.4. The average molecular weight is 465 g/mol. The molecule has 166 valence electrons. The SMILES string of the molecule is CCC1(OC(=O)C2=C(C)N=C(C)C(C(=O)OC)C2c2cccc([N+](=O)[O-])c2)SC(C)S1. The zero-order chi connectivity index (χ0) is 22.9. The number of esters is 2. The third kappa shape index (κ3) is 4.50. The Morgan fingerprint density at radius 1 is 1.29 bits per heavy atom. The molecular formula is C21H24N2O6S2. The normalized spacial score (nSPS) is 27.8. The number of hydrogen-bond donors (Lipinski definition) is 0. The zero-order valence-corrected chi connectivity index (χ0v) is 19.5. The van der Waals surface area contributed by atoms with Gasteiger partial charge in [-0.2, -0.15) is 0 Å². The van der Waals surface area contributed by atoms with Crippen molar-refractivity contribution in [3.05, 3.63) is 51.2 Å². The molecule has 10 heteroatoms. The van der Waals surface area contributed by atoms with E-state index in [9.17, 15) is 19.7 Å². The number of allylic oxidation sites excluding steroid dienone is 1. The summed E-state index contributed by atoms with van der Waals surface area (Å²) in [6.07, 6.45) is 0.620. The first-order chi connectivity index (χ1) is 14.6. The number of carbonyl (C=O) groups is 2. The highest BCUT2D eigenvalue weighted by molar-refractivity contribution is 8.34. The minimum atomic E-state index is -0.892. The van der Waals surface area contributed by atoms with Crippen molar-refractivity contribution in [3.8, 4) is 0 Å². The van der Waals surface area contributed by atoms with Crippen LogP contribution in [-0.2, 0) is 19.1 Å². The van der Waals surface area contributed by atoms with Gasteiger partial charge in [0.2, 0.25) is 4.27 Å². The second kappa shape index (κ2) is 9.04. The van der Waals surface area contributed by atoms with Crippen LogP contribution in [0.15, 0.2) is 40.5 Å². The molecule has 0 amide bonds. The van der Waals surface area contributed by atoms with Gasteiger partial charge >= 0.3 is 11.9 Å². The lowest BCUT2D eigenvalue weighted by molar-refractivity contribution is -0.384. The minimum Gasteiger partial charge on any atom is -0.468 e. The van der Waals surface area contributed by atoms with Gasteiger partial charge in [0.05, 0.1) is 22.2 Å². The second-order valence-electron chi connectivity index (χ2n) is 7.31. The number of benzene rings is 1. The molecule has 2 aliphatic heterocycles. The molecule has 1 fully saturated rings. The first-order valence-electron chi connectivity index (χ1n) is 9.79. The largest absolute Gasteiger partial charge is 0.468 e. The van der Waals surface area contributed by atoms with Gasteiger partial charge in [0, 0.05) is 35.9 Å². The maximum Gasteiger partial charge on any atom is 0.338 e. The van der Waals surface area contributed by atoms with Crippen molar-refractivity contribution in [2.45, 2.75) is 48.9 Å². The van der Waals surface area contributed by atoms with Crippen molar-refractivity contribution in [2.75, 3.05) is 7.11 Å². The summed E-state index contributed by atoms with van der Waals surface area (Å²) < 4.78 is 10.5. The molecule has 1 aromatic rings. The molecule has 3 rings (SSSR count). The molecular weight excluding hydrogens is 440 g/mol. The number of thioether (sulfide) groups is 2. The van der Waals surface area contributed by atoms with E-state index in [0.717, 1.165) is 0 Å². The van der Waals surface area contributed by atoms with Crippen LogP contribution in [0.1, 0.15) is 45.6 Å². The Bertz CT molecular complexity index is 984. The number of aliphatic imine (C=N–C) groups is 1. The molecule has 0 radical (unpaired) electrons. The van der Waals surface area contributed by atoms with Gasteiger partial charge in [-0.15, -0.1) is 0 Å². The highest BCUT2D eigenvalue weighted by atomic mass is 32.3. The van der Waals surface area contributed by atoms with Crippen molar-refractivity contribution in [3.63, 3.8) is 0 Å². The number of carbonyl (C=O) groups excluding carboxylic acids is 2. The Hall–Kier alpha value is -2.33. The molecule has 0 aliphatic carbocycles. The second-order valence-corrected chi connectivity index (χ2v) is 11.1. The summed E-state index contributed by atoms with van der Waals surface area (Å²) >= 11 is 3.13. The Balaban J connectivity index is 2.10. The Morgan fingerprint density at radius 3 is 2.52 bits per heavy atom. The molecule has 2 atom stereocenters. The molecule has 31 heavy (non-hydrogen) atoms. The van der Waals surface area contributed by atoms with Gasteiger partial charge in [0.15, 0.2) is 0 Å². The van der Waals surface area contributed by atoms with Gasteiger partial charge < -0.3 is 9.47 Å². The molecule has 0 bridgehead atoms. The Labute approximate surface area is 189 Å². The molecule has 0 saturated carbocycles. The zero-order valence-electron chi connectivity index (χ0n) is 17.9. The van der Waals surface area contributed by atoms with E-state index < -0.39 is 33.0 Å². The number of nitrogens with zero attached hydrogens (tertiary/aromatic N) is 2. The number of nitro benzene ring substituents is 1. The first kappa shape index (κ1) is 23.3. The van der Waals surface area contributed by atoms with Crippen LogP contribution in [0.4, 0.5) is 5.69 Å². The van der Waals surface area contributed by atoms with Gasteiger partial charge in [-0.3, -0.25) is 19.9 Å². The highest BCUT2D eigenvalue weighted by Crippen LogP contribution is 2.59. The molecule has 1 saturated heterocycles. The smallest absolute Gasteiger partial charge is 0.338 e. The lowest BCUT2D eigenvalue weighted by atomic mass is 9.75. The van der Waals surface area contributed by atoms with Gasteiger partial charge in [-0.05, 0) is 26.3 Å². The Kier molecular flexibility index (Phi) is 6.80. The minimum absolute atomic E-state index is 0.129. The fourth-order valence-electron chi connectivity index (χ4n) is 3.92. The van der Waals surface area contributed by atoms with E-state index in [4.69, 9.17) is 9.47 Å². The summed E-state index contributed by atoms with van der Waals surface area (Å²) in [4.78, 5) is 41.3. The lowest BCUT2D eigenvalue weighted by Crippen LogP contribution is -2.41. The molecule has 2 unspecified atom stereocenters. The predicted octanol–water partition coefficient (Wildman–Crippen LogP) is 4.65. The van der Waals surface area contributed by atoms with Gasteiger partial charge in [-0.1, -0.05) is 42.6 Å². The van der Waals surface area contributed by atoms with Crippen LogP contribution < -0.4 is 0 Å². The van der Waals surface area contributed by atoms with Crippen LogP contribution in [0.3, 0.4) is 0 Å². The van der Waals surface area contributed by atoms with Crippen LogP contribution in [-0.4, -0.2) is 38.5 Å². The van der Waals surface area contributed by atoms with Gasteiger partial charge in [0.1, 0.15) is 5.92 Å². The van der Waals surface area contributed by atoms with E-state index in [1.165, 1.54) is 25.3 Å². The van der Waals surface area contributed by atoms with Crippen molar-refractivity contribution < 1.29 is 24.0 Å². The maximum atomic E-state index is 13.4. The number of rotatable bonds is 6. The third-order valence-electron chi connectivity index (χ3n) is 5.32. The molecule has 0 aromatic heterocycles. The summed E-state index contributed by atoms with van der Waals surface area (Å²) in [5, 5.41) is 11.3. The first-order valence-corrected chi connectivity index (χ1v) is 11.6. The molecule has 0 N–H and O–H groups in total. The van der Waals surface area contributed by atoms with Gasteiger partial charge in [0.25, 0.3) is 5.69 Å². The summed E-state index contributed by atoms with van der Waals surface area (Å²) in [6.45, 7) is 7.35. The number of non-ortho nitro benzene ring substituents is 1. The van der Waals surface area contributed by atoms with Crippen molar-refractivity contribution in [2.24, 2.45) is 10.9 Å². The monoisotopic (exact) mass is 464 g/mol. The third-order valence-corrected chi connectivity index (χ3v) is 8.60. The van der Waals surface area contributed by atoms with Crippen molar-refractivity contribution >= 4 is 46.9 Å². The topological polar surface area (TPSA) is 108 Å². The fraction of sp³-hybridized carbons (Fsp3) is 0.476. The highest BCUT2D eigenvalue weighted by Gasteiger charge is 2.49. The van der Waals surface area contributed by atoms with E-state index in [1.54, 1.807) is 43.4 Å². The quantitative estimate of drug-likeness (QED) is 0.340. The van der Waals surface area contributed by atoms with E-state index >= 15 is 0 Å². The summed E-state index contributed by atoms with van der Waals surface area (Å²) in [6, 6.07) is 5.94. The fourth-order valence-corrected chi connectivity index (χ4v) is 7.04. The van der Waals surface area contributed by atoms with E-state index in [0.29, 0.717) is 28.0 Å². The van der Waals surface area contributed by atoms with Crippen LogP contribution >= 0.6 is 23.5 Å². The molecule has 1 aromatic carbocycles. The molecule has 2 aliphatic rings. The summed E-state index contributed by atoms with van der Waals surface area (Å²) in [5.41, 5.74) is 1.44. The van der Waals surface area contributed by atoms with E-state index in [2.05, 4.69) is 4.99 Å². The molecule has 2 heterocycles. The van der Waals surface area contributed by atoms with Crippen LogP contribution in [0.25, 0.3) is 0 Å². The van der Waals surface area contributed by atoms with Crippen molar-refractivity contribution in [1.29, 1.82) is 0 Å². The van der Waals surface area contributed by atoms with Crippen LogP contribution in [0.5, 0.6) is 0 Å². The number of nitro groups is 1. The van der Waals surface area contributed by atoms with Crippen LogP contribution in [0.2, 0.25) is 0 Å². The summed E-state index contributed by atoms with van der Waals surface area (Å²) in [5.74, 6) is -2.84. The lowest BCUT2D eigenvalue weighted by Gasteiger charge is -2.43. The van der Waals surface area contributed by atoms with E-state index in [1.807, 2.05) is 13.8 Å². The van der Waals surface area contributed by atoms with Gasteiger partial charge in [-0.25, -0.2) is 4.79 Å². The number of hydrogen-bond acceptors (Lipinski definition) is 9. The number of methoxy groups -OCH3 is 1. The predicted molar refractivity (Wildman–Crippen MR) is 121 cm³/mol. The summed E-state index contributed by atoms with van der Waals surface area (Å²) in [7, 11) is 1.26. The Morgan fingerprint density at radius 2 is 1.97 bits per heavy atom. The molecule has 8 nitrogen and oxygen atoms in total. The van der Waals surface area contributed by atoms with Crippen LogP contribution in [0, 0.1) is 16.0 Å².